The largest absolute Gasteiger partial charge is 0.484 e. The molecule has 2 N–H and O–H groups in total. The molecule has 3 aromatic rings. The number of sulfonamides is 1. The number of halogens is 3. The zero-order valence-electron chi connectivity index (χ0n) is 17.3. The summed E-state index contributed by atoms with van der Waals surface area (Å²) >= 11 is 0. The molecule has 0 radical (unpaired) electrons. The van der Waals surface area contributed by atoms with Crippen LogP contribution in [0.3, 0.4) is 0 Å². The molecule has 0 aliphatic carbocycles. The highest BCUT2D eigenvalue weighted by molar-refractivity contribution is 7.89. The minimum Gasteiger partial charge on any atom is -0.484 e. The molecule has 0 saturated carbocycles. The van der Waals surface area contributed by atoms with Crippen LogP contribution in [-0.4, -0.2) is 27.5 Å². The molecule has 1 amide bonds. The number of alkyl halides is 3. The Bertz CT molecular complexity index is 1170. The van der Waals surface area contributed by atoms with E-state index in [0.29, 0.717) is 6.42 Å². The summed E-state index contributed by atoms with van der Waals surface area (Å²) in [6.45, 7) is -0.156. The van der Waals surface area contributed by atoms with Crippen LogP contribution in [0, 0.1) is 0 Å². The zero-order valence-corrected chi connectivity index (χ0v) is 18.1. The van der Waals surface area contributed by atoms with Gasteiger partial charge in [-0.2, -0.15) is 13.2 Å². The first-order valence-corrected chi connectivity index (χ1v) is 11.4. The van der Waals surface area contributed by atoms with Crippen molar-refractivity contribution in [2.45, 2.75) is 17.5 Å². The molecule has 0 unspecified atom stereocenters. The Balaban J connectivity index is 1.48. The quantitative estimate of drug-likeness (QED) is 0.482. The van der Waals surface area contributed by atoms with Crippen molar-refractivity contribution in [3.8, 4) is 5.75 Å². The van der Waals surface area contributed by atoms with Crippen molar-refractivity contribution in [2.75, 3.05) is 18.5 Å². The van der Waals surface area contributed by atoms with Crippen LogP contribution in [0.4, 0.5) is 18.9 Å². The molecule has 33 heavy (non-hydrogen) atoms. The van der Waals surface area contributed by atoms with Gasteiger partial charge in [0.05, 0.1) is 10.5 Å². The molecule has 6 nitrogen and oxygen atoms in total. The van der Waals surface area contributed by atoms with Crippen molar-refractivity contribution in [3.05, 3.63) is 90.0 Å². The molecule has 0 aliphatic heterocycles. The first kappa shape index (κ1) is 24.3. The van der Waals surface area contributed by atoms with Crippen molar-refractivity contribution >= 4 is 21.6 Å². The highest BCUT2D eigenvalue weighted by atomic mass is 32.2. The topological polar surface area (TPSA) is 84.5 Å². The standard InChI is InChI=1S/C23H21F3N2O4S/c24-23(25,26)18-6-8-19(9-7-18)28-22(29)16-32-20-10-12-21(13-11-20)33(30,31)27-15-14-17-4-2-1-3-5-17/h1-13,27H,14-16H2,(H,28,29). The van der Waals surface area contributed by atoms with Crippen molar-refractivity contribution < 1.29 is 31.1 Å². The fourth-order valence-corrected chi connectivity index (χ4v) is 3.89. The van der Waals surface area contributed by atoms with Crippen molar-refractivity contribution in [1.82, 2.24) is 4.72 Å². The van der Waals surface area contributed by atoms with Gasteiger partial charge in [-0.1, -0.05) is 30.3 Å². The summed E-state index contributed by atoms with van der Waals surface area (Å²) in [5.74, 6) is -0.310. The molecule has 0 spiro atoms. The highest BCUT2D eigenvalue weighted by Crippen LogP contribution is 2.29. The third kappa shape index (κ3) is 7.33. The van der Waals surface area contributed by atoms with E-state index in [1.54, 1.807) is 0 Å². The van der Waals surface area contributed by atoms with Gasteiger partial charge in [0.1, 0.15) is 5.75 Å². The third-order valence-electron chi connectivity index (χ3n) is 4.55. The first-order valence-electron chi connectivity index (χ1n) is 9.87. The first-order chi connectivity index (χ1) is 15.6. The monoisotopic (exact) mass is 478 g/mol. The highest BCUT2D eigenvalue weighted by Gasteiger charge is 2.30. The maximum atomic E-state index is 12.6. The minimum absolute atomic E-state index is 0.0529. The number of hydrogen-bond acceptors (Lipinski definition) is 4. The Hall–Kier alpha value is -3.37. The summed E-state index contributed by atoms with van der Waals surface area (Å²) in [6, 6.07) is 19.0. The molecule has 3 rings (SSSR count). The third-order valence-corrected chi connectivity index (χ3v) is 6.03. The van der Waals surface area contributed by atoms with Gasteiger partial charge in [0.25, 0.3) is 5.91 Å². The lowest BCUT2D eigenvalue weighted by Gasteiger charge is -2.10. The predicted molar refractivity (Wildman–Crippen MR) is 117 cm³/mol. The summed E-state index contributed by atoms with van der Waals surface area (Å²) in [7, 11) is -3.70. The number of benzene rings is 3. The van der Waals surface area contributed by atoms with Gasteiger partial charge in [-0.3, -0.25) is 4.79 Å². The number of anilines is 1. The fourth-order valence-electron chi connectivity index (χ4n) is 2.86. The predicted octanol–water partition coefficient (Wildman–Crippen LogP) is 4.24. The van der Waals surface area contributed by atoms with E-state index in [1.165, 1.54) is 24.3 Å². The van der Waals surface area contributed by atoms with E-state index in [4.69, 9.17) is 4.74 Å². The summed E-state index contributed by atoms with van der Waals surface area (Å²) in [6.07, 6.45) is -3.90. The van der Waals surface area contributed by atoms with Gasteiger partial charge in [0, 0.05) is 12.2 Å². The lowest BCUT2D eigenvalue weighted by molar-refractivity contribution is -0.137. The number of hydrogen-bond donors (Lipinski definition) is 2. The number of carbonyl (C=O) groups excluding carboxylic acids is 1. The zero-order chi connectivity index (χ0) is 23.9. The molecule has 0 aromatic heterocycles. The average molecular weight is 478 g/mol. The normalized spacial score (nSPS) is 11.7. The maximum absolute atomic E-state index is 12.6. The molecule has 174 valence electrons. The van der Waals surface area contributed by atoms with Gasteiger partial charge in [-0.05, 0) is 60.5 Å². The average Bonchev–Trinajstić information content (AvgIpc) is 2.78. The van der Waals surface area contributed by atoms with Crippen molar-refractivity contribution in [1.29, 1.82) is 0 Å². The minimum atomic E-state index is -4.46. The van der Waals surface area contributed by atoms with Gasteiger partial charge in [0.2, 0.25) is 10.0 Å². The lowest BCUT2D eigenvalue weighted by Crippen LogP contribution is -2.26. The van der Waals surface area contributed by atoms with Crippen LogP contribution < -0.4 is 14.8 Å². The molecule has 3 aromatic carbocycles. The molecule has 0 saturated heterocycles. The van der Waals surface area contributed by atoms with Gasteiger partial charge < -0.3 is 10.1 Å². The molecule has 10 heteroatoms. The summed E-state index contributed by atoms with van der Waals surface area (Å²) in [5, 5.41) is 2.43. The SMILES string of the molecule is O=C(COc1ccc(S(=O)(=O)NCCc2ccccc2)cc1)Nc1ccc(C(F)(F)F)cc1. The van der Waals surface area contributed by atoms with Crippen LogP contribution in [0.2, 0.25) is 0 Å². The van der Waals surface area contributed by atoms with Gasteiger partial charge in [-0.25, -0.2) is 13.1 Å². The second-order valence-electron chi connectivity index (χ2n) is 7.02. The number of amides is 1. The van der Waals surface area contributed by atoms with Crippen LogP contribution in [0.1, 0.15) is 11.1 Å². The van der Waals surface area contributed by atoms with E-state index in [9.17, 15) is 26.4 Å². The summed E-state index contributed by atoms with van der Waals surface area (Å²) in [5.41, 5.74) is 0.388. The number of nitrogens with one attached hydrogen (secondary N) is 2. The second-order valence-corrected chi connectivity index (χ2v) is 8.78. The van der Waals surface area contributed by atoms with E-state index < -0.39 is 34.3 Å². The Labute approximate surface area is 189 Å². The molecule has 0 fully saturated rings. The van der Waals surface area contributed by atoms with Gasteiger partial charge >= 0.3 is 6.18 Å². The number of ether oxygens (including phenoxy) is 1. The lowest BCUT2D eigenvalue weighted by atomic mass is 10.2. The number of carbonyl (C=O) groups is 1. The fraction of sp³-hybridized carbons (Fsp3) is 0.174. The van der Waals surface area contributed by atoms with Gasteiger partial charge in [0.15, 0.2) is 6.61 Å². The van der Waals surface area contributed by atoms with E-state index in [-0.39, 0.29) is 22.9 Å². The Morgan fingerprint density at radius 2 is 1.52 bits per heavy atom. The number of rotatable bonds is 9. The molecule has 0 aliphatic rings. The van der Waals surface area contributed by atoms with Crippen LogP contribution in [-0.2, 0) is 27.4 Å². The van der Waals surface area contributed by atoms with Crippen LogP contribution in [0.25, 0.3) is 0 Å². The maximum Gasteiger partial charge on any atom is 0.416 e. The van der Waals surface area contributed by atoms with Gasteiger partial charge in [-0.15, -0.1) is 0 Å². The van der Waals surface area contributed by atoms with Crippen LogP contribution in [0.5, 0.6) is 5.75 Å². The molecule has 0 atom stereocenters. The van der Waals surface area contributed by atoms with Crippen LogP contribution >= 0.6 is 0 Å². The Morgan fingerprint density at radius 3 is 2.12 bits per heavy atom. The summed E-state index contributed by atoms with van der Waals surface area (Å²) < 4.78 is 70.4. The molecular formula is C23H21F3N2O4S. The van der Waals surface area contributed by atoms with E-state index in [0.717, 1.165) is 29.8 Å². The van der Waals surface area contributed by atoms with E-state index in [2.05, 4.69) is 10.0 Å². The van der Waals surface area contributed by atoms with Crippen molar-refractivity contribution in [2.24, 2.45) is 0 Å². The Kier molecular flexibility index (Phi) is 7.72. The van der Waals surface area contributed by atoms with E-state index in [1.807, 2.05) is 30.3 Å². The summed E-state index contributed by atoms with van der Waals surface area (Å²) in [4.78, 5) is 12.0. The second kappa shape index (κ2) is 10.5. The molecular weight excluding hydrogens is 457 g/mol. The van der Waals surface area contributed by atoms with Crippen LogP contribution in [0.15, 0.2) is 83.8 Å². The molecule has 0 bridgehead atoms. The molecule has 0 heterocycles. The van der Waals surface area contributed by atoms with Crippen molar-refractivity contribution in [3.63, 3.8) is 0 Å². The Morgan fingerprint density at radius 1 is 0.879 bits per heavy atom. The smallest absolute Gasteiger partial charge is 0.416 e. The van der Waals surface area contributed by atoms with E-state index >= 15 is 0 Å².